The van der Waals surface area contributed by atoms with Crippen LogP contribution >= 0.6 is 11.6 Å². The van der Waals surface area contributed by atoms with Crippen LogP contribution in [-0.4, -0.2) is 65.4 Å². The number of morpholine rings is 1. The average Bonchev–Trinajstić information content (AvgIpc) is 3.02. The number of aromatic nitrogens is 2. The highest BCUT2D eigenvalue weighted by atomic mass is 35.5. The molecule has 6 nitrogen and oxygen atoms in total. The summed E-state index contributed by atoms with van der Waals surface area (Å²) in [6.45, 7) is 3.70. The average molecular weight is 377 g/mol. The van der Waals surface area contributed by atoms with Gasteiger partial charge in [0.2, 0.25) is 0 Å². The largest absolute Gasteiger partial charge is 0.373 e. The van der Waals surface area contributed by atoms with Gasteiger partial charge in [-0.1, -0.05) is 17.7 Å². The van der Waals surface area contributed by atoms with Crippen LogP contribution in [0.2, 0.25) is 5.02 Å². The maximum absolute atomic E-state index is 13.3. The van der Waals surface area contributed by atoms with E-state index in [2.05, 4.69) is 10.00 Å². The normalized spacial score (nSPS) is 20.6. The molecule has 1 aromatic heterocycles. The molecule has 2 heterocycles. The van der Waals surface area contributed by atoms with Crippen molar-refractivity contribution in [3.05, 3.63) is 52.3 Å². The molecule has 2 aromatic rings. The summed E-state index contributed by atoms with van der Waals surface area (Å²) < 4.78 is 7.78. The second-order valence-electron chi connectivity index (χ2n) is 7.03. The third-order valence-corrected chi connectivity index (χ3v) is 5.05. The summed E-state index contributed by atoms with van der Waals surface area (Å²) in [5.74, 6) is -0.0344. The number of hydrogen-bond acceptors (Lipinski definition) is 4. The Kier molecular flexibility index (Phi) is 5.65. The van der Waals surface area contributed by atoms with Crippen molar-refractivity contribution in [1.29, 1.82) is 0 Å². The monoisotopic (exact) mass is 376 g/mol. The molecule has 1 saturated heterocycles. The minimum atomic E-state index is -0.188. The Morgan fingerprint density at radius 3 is 2.81 bits per heavy atom. The molecule has 0 N–H and O–H groups in total. The number of amides is 1. The molecule has 0 aliphatic carbocycles. The second-order valence-corrected chi connectivity index (χ2v) is 7.43. The van der Waals surface area contributed by atoms with Gasteiger partial charge in [0.1, 0.15) is 0 Å². The Labute approximate surface area is 159 Å². The van der Waals surface area contributed by atoms with Crippen LogP contribution in [-0.2, 0) is 11.8 Å². The molecule has 26 heavy (non-hydrogen) atoms. The first-order valence-electron chi connectivity index (χ1n) is 8.69. The molecule has 0 bridgehead atoms. The van der Waals surface area contributed by atoms with E-state index in [0.717, 1.165) is 17.7 Å². The van der Waals surface area contributed by atoms with Crippen LogP contribution in [0.15, 0.2) is 30.6 Å². The van der Waals surface area contributed by atoms with Crippen LogP contribution in [0.25, 0.3) is 0 Å². The molecule has 3 rings (SSSR count). The fourth-order valence-electron chi connectivity index (χ4n) is 3.35. The fourth-order valence-corrected chi connectivity index (χ4v) is 3.53. The maximum atomic E-state index is 13.3. The lowest BCUT2D eigenvalue weighted by Crippen LogP contribution is -2.51. The number of carbonyl (C=O) groups excluding carboxylic acids is 1. The van der Waals surface area contributed by atoms with Crippen molar-refractivity contribution in [3.63, 3.8) is 0 Å². The Morgan fingerprint density at radius 2 is 2.19 bits per heavy atom. The van der Waals surface area contributed by atoms with E-state index in [9.17, 15) is 4.79 Å². The van der Waals surface area contributed by atoms with Crippen LogP contribution in [0.3, 0.4) is 0 Å². The van der Waals surface area contributed by atoms with Crippen molar-refractivity contribution in [3.8, 4) is 0 Å². The lowest BCUT2D eigenvalue weighted by molar-refractivity contribution is -0.0684. The van der Waals surface area contributed by atoms with Crippen LogP contribution in [0.4, 0.5) is 0 Å². The highest BCUT2D eigenvalue weighted by Gasteiger charge is 2.37. The summed E-state index contributed by atoms with van der Waals surface area (Å²) in [6.07, 6.45) is 3.64. The van der Waals surface area contributed by atoms with Crippen LogP contribution < -0.4 is 0 Å². The Hall–Kier alpha value is -1.89. The van der Waals surface area contributed by atoms with Gasteiger partial charge in [-0.2, -0.15) is 5.10 Å². The first-order valence-corrected chi connectivity index (χ1v) is 9.06. The summed E-state index contributed by atoms with van der Waals surface area (Å²) in [6, 6.07) is 5.27. The molecule has 0 spiro atoms. The quantitative estimate of drug-likeness (QED) is 0.822. The van der Waals surface area contributed by atoms with Crippen molar-refractivity contribution in [2.45, 2.75) is 19.1 Å². The number of nitrogens with zero attached hydrogens (tertiary/aromatic N) is 4. The van der Waals surface area contributed by atoms with Gasteiger partial charge < -0.3 is 14.5 Å². The SMILES string of the molecule is Cc1ccc(C(=O)N2CCO[C@@H](CN(C)C)[C@@H]2c2cnn(C)c2)cc1Cl. The van der Waals surface area contributed by atoms with Gasteiger partial charge in [-0.25, -0.2) is 0 Å². The number of halogens is 1. The smallest absolute Gasteiger partial charge is 0.254 e. The molecule has 0 unspecified atom stereocenters. The van der Waals surface area contributed by atoms with Crippen molar-refractivity contribution in [1.82, 2.24) is 19.6 Å². The van der Waals surface area contributed by atoms with Gasteiger partial charge in [0.05, 0.1) is 24.9 Å². The molecule has 0 radical (unpaired) electrons. The fraction of sp³-hybridized carbons (Fsp3) is 0.474. The van der Waals surface area contributed by atoms with Gasteiger partial charge in [0.25, 0.3) is 5.91 Å². The number of aryl methyl sites for hydroxylation is 2. The molecule has 7 heteroatoms. The van der Waals surface area contributed by atoms with Gasteiger partial charge in [-0.15, -0.1) is 0 Å². The Balaban J connectivity index is 1.96. The summed E-state index contributed by atoms with van der Waals surface area (Å²) in [4.78, 5) is 17.2. The maximum Gasteiger partial charge on any atom is 0.254 e. The molecule has 1 amide bonds. The molecule has 1 aliphatic rings. The van der Waals surface area contributed by atoms with E-state index in [0.29, 0.717) is 23.7 Å². The molecular formula is C19H25ClN4O2. The molecule has 140 valence electrons. The Bertz CT molecular complexity index is 790. The number of hydrogen-bond donors (Lipinski definition) is 0. The zero-order valence-corrected chi connectivity index (χ0v) is 16.4. The number of ether oxygens (including phenoxy) is 1. The van der Waals surface area contributed by atoms with Gasteiger partial charge in [0.15, 0.2) is 0 Å². The minimum Gasteiger partial charge on any atom is -0.373 e. The van der Waals surface area contributed by atoms with E-state index in [-0.39, 0.29) is 18.1 Å². The zero-order valence-electron chi connectivity index (χ0n) is 15.6. The van der Waals surface area contributed by atoms with E-state index in [1.54, 1.807) is 10.7 Å². The van der Waals surface area contributed by atoms with Gasteiger partial charge >= 0.3 is 0 Å². The van der Waals surface area contributed by atoms with E-state index in [4.69, 9.17) is 16.3 Å². The number of benzene rings is 1. The van der Waals surface area contributed by atoms with Gasteiger partial charge in [-0.3, -0.25) is 9.48 Å². The van der Waals surface area contributed by atoms with E-state index < -0.39 is 0 Å². The van der Waals surface area contributed by atoms with E-state index in [1.807, 2.05) is 57.5 Å². The summed E-state index contributed by atoms with van der Waals surface area (Å²) in [5, 5.41) is 4.89. The lowest BCUT2D eigenvalue weighted by Gasteiger charge is -2.41. The van der Waals surface area contributed by atoms with Crippen molar-refractivity contribution >= 4 is 17.5 Å². The van der Waals surface area contributed by atoms with E-state index >= 15 is 0 Å². The number of carbonyl (C=O) groups is 1. The topological polar surface area (TPSA) is 50.6 Å². The molecule has 2 atom stereocenters. The molecular weight excluding hydrogens is 352 g/mol. The van der Waals surface area contributed by atoms with Crippen LogP contribution in [0.1, 0.15) is 27.5 Å². The molecule has 1 aromatic carbocycles. The first kappa shape index (κ1) is 18.9. The van der Waals surface area contributed by atoms with Crippen molar-refractivity contribution in [2.75, 3.05) is 33.8 Å². The van der Waals surface area contributed by atoms with Crippen molar-refractivity contribution < 1.29 is 9.53 Å². The Morgan fingerprint density at radius 1 is 1.42 bits per heavy atom. The zero-order chi connectivity index (χ0) is 18.8. The summed E-state index contributed by atoms with van der Waals surface area (Å²) >= 11 is 6.24. The lowest BCUT2D eigenvalue weighted by atomic mass is 9.99. The van der Waals surface area contributed by atoms with E-state index in [1.165, 1.54) is 0 Å². The number of rotatable bonds is 4. The third kappa shape index (κ3) is 3.92. The standard InChI is InChI=1S/C19H25ClN4O2/c1-13-5-6-14(9-16(13)20)19(25)24-7-8-26-17(12-22(2)3)18(24)15-10-21-23(4)11-15/h5-6,9-11,17-18H,7-8,12H2,1-4H3/t17-,18-/m0/s1. The van der Waals surface area contributed by atoms with Gasteiger partial charge in [-0.05, 0) is 38.7 Å². The predicted molar refractivity (Wildman–Crippen MR) is 101 cm³/mol. The molecule has 1 fully saturated rings. The molecule has 0 saturated carbocycles. The third-order valence-electron chi connectivity index (χ3n) is 4.64. The summed E-state index contributed by atoms with van der Waals surface area (Å²) in [7, 11) is 5.88. The second kappa shape index (κ2) is 7.78. The van der Waals surface area contributed by atoms with Crippen LogP contribution in [0, 0.1) is 6.92 Å². The minimum absolute atomic E-state index is 0.0344. The van der Waals surface area contributed by atoms with Gasteiger partial charge in [0, 0.05) is 42.5 Å². The van der Waals surface area contributed by atoms with Crippen molar-refractivity contribution in [2.24, 2.45) is 7.05 Å². The highest BCUT2D eigenvalue weighted by molar-refractivity contribution is 6.31. The first-order chi connectivity index (χ1) is 12.4. The highest BCUT2D eigenvalue weighted by Crippen LogP contribution is 2.31. The predicted octanol–water partition coefficient (Wildman–Crippen LogP) is 2.53. The van der Waals surface area contributed by atoms with Crippen LogP contribution in [0.5, 0.6) is 0 Å². The molecule has 1 aliphatic heterocycles. The number of likely N-dealkylation sites (N-methyl/N-ethyl adjacent to an activating group) is 1. The summed E-state index contributed by atoms with van der Waals surface area (Å²) in [5.41, 5.74) is 2.53.